The number of rotatable bonds is 3. The Morgan fingerprint density at radius 1 is 1.29 bits per heavy atom. The number of nitrogens with one attached hydrogen (secondary N) is 1. The largest absolute Gasteiger partial charge is 0.497 e. The van der Waals surface area contributed by atoms with Crippen molar-refractivity contribution in [2.24, 2.45) is 5.92 Å². The fraction of sp³-hybridized carbons (Fsp3) is 0.556. The SMILES string of the molecule is COc1cccc(NC(=O)C2CCCN(C(=O)OC(C)(C)C)C2)c1. The molecule has 2 amide bonds. The highest BCUT2D eigenvalue weighted by Gasteiger charge is 2.31. The van der Waals surface area contributed by atoms with Crippen LogP contribution in [0.4, 0.5) is 10.5 Å². The Balaban J connectivity index is 1.95. The maximum atomic E-state index is 12.5. The summed E-state index contributed by atoms with van der Waals surface area (Å²) in [6.07, 6.45) is 1.19. The molecule has 0 radical (unpaired) electrons. The lowest BCUT2D eigenvalue weighted by Gasteiger charge is -2.33. The first-order valence-electron chi connectivity index (χ1n) is 8.21. The molecule has 0 aliphatic carbocycles. The molecule has 1 atom stereocenters. The van der Waals surface area contributed by atoms with E-state index >= 15 is 0 Å². The van der Waals surface area contributed by atoms with Crippen LogP contribution in [0.5, 0.6) is 5.75 Å². The molecule has 0 aromatic heterocycles. The van der Waals surface area contributed by atoms with Crippen molar-refractivity contribution in [2.45, 2.75) is 39.2 Å². The van der Waals surface area contributed by atoms with Crippen LogP contribution in [0.25, 0.3) is 0 Å². The summed E-state index contributed by atoms with van der Waals surface area (Å²) in [5.41, 5.74) is 0.154. The van der Waals surface area contributed by atoms with Gasteiger partial charge in [-0.2, -0.15) is 0 Å². The molecule has 0 bridgehead atoms. The van der Waals surface area contributed by atoms with Crippen LogP contribution in [0.15, 0.2) is 24.3 Å². The summed E-state index contributed by atoms with van der Waals surface area (Å²) in [6, 6.07) is 7.23. The average molecular weight is 334 g/mol. The van der Waals surface area contributed by atoms with Gasteiger partial charge in [0.2, 0.25) is 5.91 Å². The van der Waals surface area contributed by atoms with Crippen molar-refractivity contribution < 1.29 is 19.1 Å². The van der Waals surface area contributed by atoms with Gasteiger partial charge in [0.25, 0.3) is 0 Å². The van der Waals surface area contributed by atoms with E-state index in [-0.39, 0.29) is 17.9 Å². The first kappa shape index (κ1) is 18.1. The van der Waals surface area contributed by atoms with Gasteiger partial charge in [-0.05, 0) is 45.7 Å². The number of benzene rings is 1. The van der Waals surface area contributed by atoms with E-state index in [0.29, 0.717) is 24.5 Å². The van der Waals surface area contributed by atoms with Gasteiger partial charge in [-0.1, -0.05) is 6.07 Å². The van der Waals surface area contributed by atoms with Crippen molar-refractivity contribution >= 4 is 17.7 Å². The number of hydrogen-bond donors (Lipinski definition) is 1. The molecule has 1 unspecified atom stereocenters. The molecule has 1 aliphatic rings. The number of amides is 2. The lowest BCUT2D eigenvalue weighted by molar-refractivity contribution is -0.121. The third-order valence-electron chi connectivity index (χ3n) is 3.78. The Hall–Kier alpha value is -2.24. The smallest absolute Gasteiger partial charge is 0.410 e. The number of ether oxygens (including phenoxy) is 2. The summed E-state index contributed by atoms with van der Waals surface area (Å²) in [7, 11) is 1.58. The van der Waals surface area contributed by atoms with Crippen molar-refractivity contribution in [3.05, 3.63) is 24.3 Å². The second kappa shape index (κ2) is 7.55. The van der Waals surface area contributed by atoms with Gasteiger partial charge < -0.3 is 19.7 Å². The molecule has 2 rings (SSSR count). The molecule has 1 N–H and O–H groups in total. The molecule has 0 spiro atoms. The zero-order chi connectivity index (χ0) is 17.7. The number of carbonyl (C=O) groups is 2. The number of methoxy groups -OCH3 is 1. The molecule has 1 fully saturated rings. The van der Waals surface area contributed by atoms with Gasteiger partial charge >= 0.3 is 6.09 Å². The van der Waals surface area contributed by atoms with E-state index < -0.39 is 5.60 Å². The zero-order valence-corrected chi connectivity index (χ0v) is 14.8. The van der Waals surface area contributed by atoms with Crippen molar-refractivity contribution in [1.29, 1.82) is 0 Å². The Labute approximate surface area is 143 Å². The number of anilines is 1. The van der Waals surface area contributed by atoms with Crippen molar-refractivity contribution in [1.82, 2.24) is 4.90 Å². The van der Waals surface area contributed by atoms with Crippen molar-refractivity contribution in [3.63, 3.8) is 0 Å². The van der Waals surface area contributed by atoms with Crippen LogP contribution in [-0.4, -0.2) is 42.7 Å². The van der Waals surface area contributed by atoms with Crippen LogP contribution < -0.4 is 10.1 Å². The minimum Gasteiger partial charge on any atom is -0.497 e. The van der Waals surface area contributed by atoms with E-state index in [0.717, 1.165) is 12.8 Å². The van der Waals surface area contributed by atoms with E-state index in [1.807, 2.05) is 39.0 Å². The van der Waals surface area contributed by atoms with E-state index in [4.69, 9.17) is 9.47 Å². The van der Waals surface area contributed by atoms with E-state index in [1.165, 1.54) is 0 Å². The molecule has 0 saturated carbocycles. The number of likely N-dealkylation sites (tertiary alicyclic amines) is 1. The summed E-state index contributed by atoms with van der Waals surface area (Å²) in [4.78, 5) is 26.3. The van der Waals surface area contributed by atoms with Crippen molar-refractivity contribution in [3.8, 4) is 5.75 Å². The molecule has 24 heavy (non-hydrogen) atoms. The maximum absolute atomic E-state index is 12.5. The highest BCUT2D eigenvalue weighted by atomic mass is 16.6. The van der Waals surface area contributed by atoms with E-state index in [1.54, 1.807) is 18.1 Å². The van der Waals surface area contributed by atoms with Gasteiger partial charge in [0, 0.05) is 24.8 Å². The van der Waals surface area contributed by atoms with Crippen LogP contribution in [0.3, 0.4) is 0 Å². The highest BCUT2D eigenvalue weighted by molar-refractivity contribution is 5.93. The van der Waals surface area contributed by atoms with Gasteiger partial charge in [-0.3, -0.25) is 4.79 Å². The minimum atomic E-state index is -0.535. The van der Waals surface area contributed by atoms with Crippen LogP contribution in [0, 0.1) is 5.92 Å². The second-order valence-corrected chi connectivity index (χ2v) is 6.99. The van der Waals surface area contributed by atoms with Crippen LogP contribution in [-0.2, 0) is 9.53 Å². The molecule has 132 valence electrons. The maximum Gasteiger partial charge on any atom is 0.410 e. The van der Waals surface area contributed by atoms with Gasteiger partial charge in [0.05, 0.1) is 13.0 Å². The predicted octanol–water partition coefficient (Wildman–Crippen LogP) is 3.28. The Bertz CT molecular complexity index is 595. The molecule has 6 heteroatoms. The third kappa shape index (κ3) is 5.15. The second-order valence-electron chi connectivity index (χ2n) is 6.99. The number of nitrogens with zero attached hydrogens (tertiary/aromatic N) is 1. The van der Waals surface area contributed by atoms with E-state index in [9.17, 15) is 9.59 Å². The Kier molecular flexibility index (Phi) is 5.70. The number of hydrogen-bond acceptors (Lipinski definition) is 4. The lowest BCUT2D eigenvalue weighted by atomic mass is 9.97. The summed E-state index contributed by atoms with van der Waals surface area (Å²) < 4.78 is 10.5. The standard InChI is InChI=1S/C18H26N2O4/c1-18(2,3)24-17(22)20-10-6-7-13(12-20)16(21)19-14-8-5-9-15(11-14)23-4/h5,8-9,11,13H,6-7,10,12H2,1-4H3,(H,19,21). The molecule has 1 heterocycles. The summed E-state index contributed by atoms with van der Waals surface area (Å²) >= 11 is 0. The highest BCUT2D eigenvalue weighted by Crippen LogP contribution is 2.22. The molecule has 1 saturated heterocycles. The molecule has 6 nitrogen and oxygen atoms in total. The van der Waals surface area contributed by atoms with Crippen LogP contribution in [0.2, 0.25) is 0 Å². The fourth-order valence-electron chi connectivity index (χ4n) is 2.63. The molecular formula is C18H26N2O4. The van der Waals surface area contributed by atoms with Gasteiger partial charge in [0.15, 0.2) is 0 Å². The first-order valence-corrected chi connectivity index (χ1v) is 8.21. The summed E-state index contributed by atoms with van der Waals surface area (Å²) in [5, 5.41) is 2.90. The normalized spacial score (nSPS) is 18.0. The molecule has 1 aromatic carbocycles. The van der Waals surface area contributed by atoms with E-state index in [2.05, 4.69) is 5.32 Å². The molecular weight excluding hydrogens is 308 g/mol. The van der Waals surface area contributed by atoms with Crippen molar-refractivity contribution in [2.75, 3.05) is 25.5 Å². The Morgan fingerprint density at radius 3 is 2.71 bits per heavy atom. The average Bonchev–Trinajstić information content (AvgIpc) is 2.53. The monoisotopic (exact) mass is 334 g/mol. The Morgan fingerprint density at radius 2 is 2.04 bits per heavy atom. The number of carbonyl (C=O) groups excluding carboxylic acids is 2. The summed E-state index contributed by atoms with van der Waals surface area (Å²) in [5.74, 6) is 0.362. The minimum absolute atomic E-state index is 0.0866. The topological polar surface area (TPSA) is 67.9 Å². The third-order valence-corrected chi connectivity index (χ3v) is 3.78. The molecule has 1 aliphatic heterocycles. The lowest BCUT2D eigenvalue weighted by Crippen LogP contribution is -2.45. The van der Waals surface area contributed by atoms with Gasteiger partial charge in [-0.15, -0.1) is 0 Å². The first-order chi connectivity index (χ1) is 11.3. The predicted molar refractivity (Wildman–Crippen MR) is 92.2 cm³/mol. The summed E-state index contributed by atoms with van der Waals surface area (Å²) in [6.45, 7) is 6.51. The number of piperidine rings is 1. The van der Waals surface area contributed by atoms with Gasteiger partial charge in [-0.25, -0.2) is 4.79 Å². The van der Waals surface area contributed by atoms with Crippen LogP contribution >= 0.6 is 0 Å². The zero-order valence-electron chi connectivity index (χ0n) is 14.8. The van der Waals surface area contributed by atoms with Gasteiger partial charge in [0.1, 0.15) is 11.4 Å². The quantitative estimate of drug-likeness (QED) is 0.921. The molecule has 1 aromatic rings. The van der Waals surface area contributed by atoms with Crippen LogP contribution in [0.1, 0.15) is 33.6 Å². The fourth-order valence-corrected chi connectivity index (χ4v) is 2.63.